The maximum Gasteiger partial charge on any atom is 0.272 e. The average Bonchev–Trinajstić information content (AvgIpc) is 2.89. The zero-order chi connectivity index (χ0) is 25.5. The van der Waals surface area contributed by atoms with Crippen LogP contribution in [0.2, 0.25) is 0 Å². The smallest absolute Gasteiger partial charge is 0.272 e. The molecule has 9 heteroatoms. The predicted molar refractivity (Wildman–Crippen MR) is 130 cm³/mol. The Kier molecular flexibility index (Phi) is 8.43. The molecular weight excluding hydrogens is 471 g/mol. The first-order valence-electron chi connectivity index (χ1n) is 11.7. The van der Waals surface area contributed by atoms with Gasteiger partial charge in [-0.05, 0) is 54.8 Å². The van der Waals surface area contributed by atoms with Gasteiger partial charge in [-0.25, -0.2) is 13.2 Å². The van der Waals surface area contributed by atoms with E-state index in [0.29, 0.717) is 34.9 Å². The number of halogens is 3. The summed E-state index contributed by atoms with van der Waals surface area (Å²) in [6.07, 6.45) is 0.508. The van der Waals surface area contributed by atoms with Crippen LogP contribution in [0.15, 0.2) is 60.8 Å². The van der Waals surface area contributed by atoms with Gasteiger partial charge in [0.15, 0.2) is 11.5 Å². The van der Waals surface area contributed by atoms with Gasteiger partial charge in [-0.1, -0.05) is 18.2 Å². The molecule has 0 unspecified atom stereocenters. The molecule has 1 aromatic heterocycles. The fourth-order valence-corrected chi connectivity index (χ4v) is 4.19. The Morgan fingerprint density at radius 2 is 1.92 bits per heavy atom. The monoisotopic (exact) mass is 499 g/mol. The Morgan fingerprint density at radius 1 is 1.11 bits per heavy atom. The summed E-state index contributed by atoms with van der Waals surface area (Å²) in [4.78, 5) is 19.2. The van der Waals surface area contributed by atoms with Crippen LogP contribution in [0.5, 0.6) is 11.5 Å². The Hall–Kier alpha value is -3.59. The van der Waals surface area contributed by atoms with Crippen LogP contribution in [-0.4, -0.2) is 55.1 Å². The molecule has 4 rings (SSSR count). The fraction of sp³-hybridized carbons (Fsp3) is 0.333. The number of aromatic nitrogens is 1. The highest BCUT2D eigenvalue weighted by atomic mass is 19.3. The van der Waals surface area contributed by atoms with E-state index in [9.17, 15) is 18.0 Å². The molecule has 0 aliphatic carbocycles. The molecule has 0 saturated carbocycles. The van der Waals surface area contributed by atoms with Crippen LogP contribution in [0.3, 0.4) is 0 Å². The molecule has 2 aromatic carbocycles. The number of hydrogen-bond donors (Lipinski definition) is 1. The summed E-state index contributed by atoms with van der Waals surface area (Å²) in [5.41, 5.74) is 2.64. The zero-order valence-corrected chi connectivity index (χ0v) is 19.9. The predicted octanol–water partition coefficient (Wildman–Crippen LogP) is 4.93. The molecule has 36 heavy (non-hydrogen) atoms. The van der Waals surface area contributed by atoms with E-state index in [1.165, 1.54) is 25.4 Å². The van der Waals surface area contributed by atoms with Crippen LogP contribution in [0.1, 0.15) is 28.8 Å². The lowest BCUT2D eigenvalue weighted by Gasteiger charge is -2.32. The van der Waals surface area contributed by atoms with Crippen LogP contribution in [0, 0.1) is 5.82 Å². The third kappa shape index (κ3) is 6.75. The van der Waals surface area contributed by atoms with Gasteiger partial charge in [0, 0.05) is 37.4 Å². The van der Waals surface area contributed by atoms with Gasteiger partial charge in [0.2, 0.25) is 0 Å². The number of amides is 1. The van der Waals surface area contributed by atoms with Crippen LogP contribution >= 0.6 is 0 Å². The van der Waals surface area contributed by atoms with Gasteiger partial charge in [-0.2, -0.15) is 0 Å². The van der Waals surface area contributed by atoms with E-state index in [4.69, 9.17) is 9.47 Å². The van der Waals surface area contributed by atoms with Crippen molar-refractivity contribution >= 4 is 5.91 Å². The summed E-state index contributed by atoms with van der Waals surface area (Å²) in [7, 11) is 1.47. The van der Waals surface area contributed by atoms with Crippen molar-refractivity contribution in [1.29, 1.82) is 0 Å². The van der Waals surface area contributed by atoms with E-state index < -0.39 is 13.0 Å². The van der Waals surface area contributed by atoms with Crippen LogP contribution in [-0.2, 0) is 6.54 Å². The zero-order valence-electron chi connectivity index (χ0n) is 19.9. The highest BCUT2D eigenvalue weighted by Gasteiger charge is 2.22. The van der Waals surface area contributed by atoms with E-state index in [2.05, 4.69) is 15.2 Å². The molecule has 190 valence electrons. The second kappa shape index (κ2) is 11.9. The van der Waals surface area contributed by atoms with E-state index in [0.717, 1.165) is 31.5 Å². The van der Waals surface area contributed by atoms with Gasteiger partial charge in [-0.15, -0.1) is 0 Å². The molecule has 1 aliphatic rings. The third-order valence-electron chi connectivity index (χ3n) is 6.07. The van der Waals surface area contributed by atoms with Crippen molar-refractivity contribution in [2.75, 3.05) is 26.8 Å². The number of ether oxygens (including phenoxy) is 2. The van der Waals surface area contributed by atoms with E-state index >= 15 is 0 Å². The van der Waals surface area contributed by atoms with Crippen LogP contribution in [0.25, 0.3) is 11.3 Å². The first kappa shape index (κ1) is 25.5. The summed E-state index contributed by atoms with van der Waals surface area (Å²) in [6, 6.07) is 14.9. The molecule has 1 aliphatic heterocycles. The summed E-state index contributed by atoms with van der Waals surface area (Å²) in [5, 5.41) is 3.07. The summed E-state index contributed by atoms with van der Waals surface area (Å²) >= 11 is 0. The number of alkyl halides is 2. The SMILES string of the molecule is COc1ccc(CN2CCC(NC(=O)c3ccc(-c4cccc(F)c4)nc3)CC2)cc1OCC(F)F. The normalized spacial score (nSPS) is 14.6. The summed E-state index contributed by atoms with van der Waals surface area (Å²) in [5.74, 6) is 0.187. The fourth-order valence-electron chi connectivity index (χ4n) is 4.19. The molecule has 3 aromatic rings. The number of carbonyl (C=O) groups is 1. The van der Waals surface area contributed by atoms with Crippen molar-refractivity contribution in [3.05, 3.63) is 77.7 Å². The van der Waals surface area contributed by atoms with E-state index in [1.54, 1.807) is 36.4 Å². The highest BCUT2D eigenvalue weighted by Crippen LogP contribution is 2.29. The number of nitrogens with zero attached hydrogens (tertiary/aromatic N) is 2. The standard InChI is InChI=1S/C27H28F3N3O3/c1-35-24-8-5-18(13-25(24)36-17-26(29)30)16-33-11-9-22(10-12-33)32-27(34)20-6-7-23(31-15-20)19-3-2-4-21(28)14-19/h2-8,13-15,22,26H,9-12,16-17H2,1H3,(H,32,34). The lowest BCUT2D eigenvalue weighted by Crippen LogP contribution is -2.44. The number of carbonyl (C=O) groups excluding carboxylic acids is 1. The van der Waals surface area contributed by atoms with Gasteiger partial charge < -0.3 is 14.8 Å². The van der Waals surface area contributed by atoms with Gasteiger partial charge in [0.05, 0.1) is 18.4 Å². The van der Waals surface area contributed by atoms with E-state index in [1.807, 2.05) is 6.07 Å². The minimum absolute atomic E-state index is 0.0393. The highest BCUT2D eigenvalue weighted by molar-refractivity contribution is 5.94. The van der Waals surface area contributed by atoms with Crippen LogP contribution in [0.4, 0.5) is 13.2 Å². The van der Waals surface area contributed by atoms with Crippen LogP contribution < -0.4 is 14.8 Å². The number of likely N-dealkylation sites (tertiary alicyclic amines) is 1. The number of hydrogen-bond acceptors (Lipinski definition) is 5. The van der Waals surface area contributed by atoms with Gasteiger partial charge in [0.25, 0.3) is 12.3 Å². The Balaban J connectivity index is 1.28. The van der Waals surface area contributed by atoms with Crippen molar-refractivity contribution in [2.45, 2.75) is 31.9 Å². The quantitative estimate of drug-likeness (QED) is 0.452. The molecule has 1 N–H and O–H groups in total. The van der Waals surface area contributed by atoms with Gasteiger partial charge in [0.1, 0.15) is 12.4 Å². The molecule has 1 saturated heterocycles. The number of nitrogens with one attached hydrogen (secondary N) is 1. The van der Waals surface area contributed by atoms with Crippen molar-refractivity contribution in [3.63, 3.8) is 0 Å². The summed E-state index contributed by atoms with van der Waals surface area (Å²) < 4.78 is 48.9. The van der Waals surface area contributed by atoms with Crippen molar-refractivity contribution in [3.8, 4) is 22.8 Å². The van der Waals surface area contributed by atoms with Crippen molar-refractivity contribution in [2.24, 2.45) is 0 Å². The maximum absolute atomic E-state index is 13.4. The number of methoxy groups -OCH3 is 1. The number of benzene rings is 2. The first-order valence-corrected chi connectivity index (χ1v) is 11.7. The number of pyridine rings is 1. The lowest BCUT2D eigenvalue weighted by molar-refractivity contribution is 0.0803. The molecule has 1 fully saturated rings. The Morgan fingerprint density at radius 3 is 2.58 bits per heavy atom. The topological polar surface area (TPSA) is 63.7 Å². The first-order chi connectivity index (χ1) is 17.4. The second-order valence-electron chi connectivity index (χ2n) is 8.65. The van der Waals surface area contributed by atoms with Crippen molar-refractivity contribution < 1.29 is 27.4 Å². The minimum atomic E-state index is -2.56. The molecule has 6 nitrogen and oxygen atoms in total. The van der Waals surface area contributed by atoms with Gasteiger partial charge >= 0.3 is 0 Å². The Labute approximate surface area is 208 Å². The maximum atomic E-state index is 13.4. The van der Waals surface area contributed by atoms with Gasteiger partial charge in [-0.3, -0.25) is 14.7 Å². The Bertz CT molecular complexity index is 1170. The molecule has 0 atom stereocenters. The second-order valence-corrected chi connectivity index (χ2v) is 8.65. The molecule has 2 heterocycles. The third-order valence-corrected chi connectivity index (χ3v) is 6.07. The number of rotatable bonds is 9. The summed E-state index contributed by atoms with van der Waals surface area (Å²) in [6.45, 7) is 1.51. The average molecular weight is 500 g/mol. The van der Waals surface area contributed by atoms with Crippen molar-refractivity contribution in [1.82, 2.24) is 15.2 Å². The number of piperidine rings is 1. The largest absolute Gasteiger partial charge is 0.493 e. The lowest BCUT2D eigenvalue weighted by atomic mass is 10.0. The van der Waals surface area contributed by atoms with E-state index in [-0.39, 0.29) is 17.8 Å². The molecule has 1 amide bonds. The molecule has 0 radical (unpaired) electrons. The minimum Gasteiger partial charge on any atom is -0.493 e. The molecule has 0 spiro atoms. The molecule has 0 bridgehead atoms. The molecular formula is C27H28F3N3O3.